The molecule has 130 valence electrons. The molecule has 0 radical (unpaired) electrons. The van der Waals surface area contributed by atoms with Crippen molar-refractivity contribution < 1.29 is 17.5 Å². The Morgan fingerprint density at radius 1 is 1.08 bits per heavy atom. The minimum Gasteiger partial charge on any atom is -0.385 e. The van der Waals surface area contributed by atoms with Crippen molar-refractivity contribution in [2.24, 2.45) is 0 Å². The Labute approximate surface area is 141 Å². The zero-order chi connectivity index (χ0) is 17.6. The van der Waals surface area contributed by atoms with Crippen LogP contribution in [0.25, 0.3) is 0 Å². The molecule has 0 aromatic heterocycles. The second kappa shape index (κ2) is 8.12. The van der Waals surface area contributed by atoms with Gasteiger partial charge in [-0.25, -0.2) is 12.8 Å². The van der Waals surface area contributed by atoms with Gasteiger partial charge in [-0.15, -0.1) is 0 Å². The number of anilines is 2. The lowest BCUT2D eigenvalue weighted by Gasteiger charge is -2.11. The van der Waals surface area contributed by atoms with Crippen molar-refractivity contribution >= 4 is 21.4 Å². The van der Waals surface area contributed by atoms with Crippen LogP contribution in [0.1, 0.15) is 12.0 Å². The number of ether oxygens (including phenoxy) is 1. The van der Waals surface area contributed by atoms with Crippen molar-refractivity contribution in [2.75, 3.05) is 30.3 Å². The molecule has 7 heteroatoms. The highest BCUT2D eigenvalue weighted by Gasteiger charge is 2.17. The van der Waals surface area contributed by atoms with Gasteiger partial charge in [-0.1, -0.05) is 0 Å². The zero-order valence-corrected chi connectivity index (χ0v) is 14.5. The minimum absolute atomic E-state index is 0.0608. The van der Waals surface area contributed by atoms with Crippen LogP contribution in [-0.2, 0) is 14.8 Å². The summed E-state index contributed by atoms with van der Waals surface area (Å²) >= 11 is 0. The molecular formula is C17H21FN2O3S. The van der Waals surface area contributed by atoms with Gasteiger partial charge in [-0.2, -0.15) is 0 Å². The van der Waals surface area contributed by atoms with E-state index in [0.29, 0.717) is 17.9 Å². The van der Waals surface area contributed by atoms with Gasteiger partial charge in [0.25, 0.3) is 10.0 Å². The molecule has 0 bridgehead atoms. The van der Waals surface area contributed by atoms with E-state index in [1.807, 2.05) is 0 Å². The fourth-order valence-corrected chi connectivity index (χ4v) is 3.52. The van der Waals surface area contributed by atoms with Crippen molar-refractivity contribution in [3.05, 3.63) is 53.8 Å². The molecule has 0 amide bonds. The molecule has 0 heterocycles. The lowest BCUT2D eigenvalue weighted by atomic mass is 10.2. The Morgan fingerprint density at radius 3 is 2.38 bits per heavy atom. The Hall–Kier alpha value is -2.12. The highest BCUT2D eigenvalue weighted by molar-refractivity contribution is 7.92. The predicted octanol–water partition coefficient (Wildman–Crippen LogP) is 3.38. The third-order valence-corrected chi connectivity index (χ3v) is 4.96. The summed E-state index contributed by atoms with van der Waals surface area (Å²) in [4.78, 5) is 0.0608. The fraction of sp³-hybridized carbons (Fsp3) is 0.294. The summed E-state index contributed by atoms with van der Waals surface area (Å²) in [5.41, 5.74) is 1.70. The van der Waals surface area contributed by atoms with E-state index in [0.717, 1.165) is 24.7 Å². The lowest BCUT2D eigenvalue weighted by Crippen LogP contribution is -2.14. The Balaban J connectivity index is 2.04. The van der Waals surface area contributed by atoms with Crippen LogP contribution in [0.2, 0.25) is 0 Å². The monoisotopic (exact) mass is 352 g/mol. The molecule has 0 atom stereocenters. The molecule has 2 N–H and O–H groups in total. The third-order valence-electron chi connectivity index (χ3n) is 3.42. The molecule has 0 aliphatic rings. The Morgan fingerprint density at radius 2 is 1.75 bits per heavy atom. The Bertz CT molecular complexity index is 777. The molecule has 0 saturated heterocycles. The first-order valence-corrected chi connectivity index (χ1v) is 9.02. The van der Waals surface area contributed by atoms with Crippen molar-refractivity contribution in [1.29, 1.82) is 0 Å². The summed E-state index contributed by atoms with van der Waals surface area (Å²) in [6.45, 7) is 3.01. The first-order valence-electron chi connectivity index (χ1n) is 7.54. The molecule has 24 heavy (non-hydrogen) atoms. The highest BCUT2D eigenvalue weighted by Crippen LogP contribution is 2.21. The van der Waals surface area contributed by atoms with Crippen LogP contribution >= 0.6 is 0 Å². The number of sulfonamides is 1. The minimum atomic E-state index is -3.75. The largest absolute Gasteiger partial charge is 0.385 e. The van der Waals surface area contributed by atoms with Crippen LogP contribution in [0.4, 0.5) is 15.8 Å². The van der Waals surface area contributed by atoms with E-state index in [1.165, 1.54) is 12.1 Å². The van der Waals surface area contributed by atoms with E-state index in [1.54, 1.807) is 38.3 Å². The van der Waals surface area contributed by atoms with Crippen LogP contribution in [0, 0.1) is 12.7 Å². The molecule has 0 unspecified atom stereocenters. The van der Waals surface area contributed by atoms with Crippen molar-refractivity contribution in [3.63, 3.8) is 0 Å². The average Bonchev–Trinajstić information content (AvgIpc) is 2.52. The van der Waals surface area contributed by atoms with Gasteiger partial charge in [0.05, 0.1) is 4.90 Å². The van der Waals surface area contributed by atoms with Crippen LogP contribution in [0.15, 0.2) is 47.4 Å². The maximum absolute atomic E-state index is 13.1. The molecule has 2 rings (SSSR count). The number of aryl methyl sites for hydroxylation is 1. The number of hydrogen-bond acceptors (Lipinski definition) is 4. The van der Waals surface area contributed by atoms with Gasteiger partial charge in [-0.3, -0.25) is 4.72 Å². The summed E-state index contributed by atoms with van der Waals surface area (Å²) in [7, 11) is -2.10. The molecule has 2 aromatic rings. The van der Waals surface area contributed by atoms with Gasteiger partial charge in [-0.05, 0) is 61.4 Å². The number of benzene rings is 2. The lowest BCUT2D eigenvalue weighted by molar-refractivity contribution is 0.198. The van der Waals surface area contributed by atoms with Crippen LogP contribution in [0.3, 0.4) is 0 Å². The van der Waals surface area contributed by atoms with Gasteiger partial charge in [0.2, 0.25) is 0 Å². The van der Waals surface area contributed by atoms with Crippen LogP contribution in [-0.4, -0.2) is 28.7 Å². The van der Waals surface area contributed by atoms with Gasteiger partial charge in [0.1, 0.15) is 5.82 Å². The van der Waals surface area contributed by atoms with Gasteiger partial charge in [0, 0.05) is 31.6 Å². The van der Waals surface area contributed by atoms with Crippen molar-refractivity contribution in [3.8, 4) is 0 Å². The quantitative estimate of drug-likeness (QED) is 0.715. The number of hydrogen-bond donors (Lipinski definition) is 2. The SMILES string of the molecule is COCCCNc1ccc(NS(=O)(=O)c2ccc(F)cc2C)cc1. The van der Waals surface area contributed by atoms with E-state index in [4.69, 9.17) is 4.74 Å². The molecule has 5 nitrogen and oxygen atoms in total. The number of nitrogens with one attached hydrogen (secondary N) is 2. The molecule has 2 aromatic carbocycles. The van der Waals surface area contributed by atoms with E-state index in [-0.39, 0.29) is 4.90 Å². The maximum atomic E-state index is 13.1. The van der Waals surface area contributed by atoms with E-state index in [9.17, 15) is 12.8 Å². The topological polar surface area (TPSA) is 67.4 Å². The summed E-state index contributed by atoms with van der Waals surface area (Å²) in [6.07, 6.45) is 0.884. The van der Waals surface area contributed by atoms with Crippen molar-refractivity contribution in [1.82, 2.24) is 0 Å². The summed E-state index contributed by atoms with van der Waals surface area (Å²) < 4.78 is 45.4. The van der Waals surface area contributed by atoms with Crippen LogP contribution in [0.5, 0.6) is 0 Å². The molecule has 0 saturated carbocycles. The normalized spacial score (nSPS) is 11.3. The third kappa shape index (κ3) is 4.94. The average molecular weight is 352 g/mol. The van der Waals surface area contributed by atoms with Gasteiger partial charge in [0.15, 0.2) is 0 Å². The first kappa shape index (κ1) is 18.2. The summed E-state index contributed by atoms with van der Waals surface area (Å²) in [6, 6.07) is 10.5. The molecule has 0 aliphatic heterocycles. The van der Waals surface area contributed by atoms with E-state index in [2.05, 4.69) is 10.0 Å². The zero-order valence-electron chi connectivity index (χ0n) is 13.7. The molecule has 0 spiro atoms. The number of halogens is 1. The Kier molecular flexibility index (Phi) is 6.16. The highest BCUT2D eigenvalue weighted by atomic mass is 32.2. The second-order valence-electron chi connectivity index (χ2n) is 5.37. The van der Waals surface area contributed by atoms with Gasteiger partial charge < -0.3 is 10.1 Å². The summed E-state index contributed by atoms with van der Waals surface area (Å²) in [5.74, 6) is -0.463. The van der Waals surface area contributed by atoms with E-state index < -0.39 is 15.8 Å². The number of rotatable bonds is 8. The van der Waals surface area contributed by atoms with E-state index >= 15 is 0 Å². The first-order chi connectivity index (χ1) is 11.4. The van der Waals surface area contributed by atoms with Crippen LogP contribution < -0.4 is 10.0 Å². The number of methoxy groups -OCH3 is 1. The fourth-order valence-electron chi connectivity index (χ4n) is 2.23. The van der Waals surface area contributed by atoms with Crippen molar-refractivity contribution in [2.45, 2.75) is 18.2 Å². The second-order valence-corrected chi connectivity index (χ2v) is 7.02. The standard InChI is InChI=1S/C17H21FN2O3S/c1-13-12-14(18)4-9-17(13)24(21,22)20-16-7-5-15(6-8-16)19-10-3-11-23-2/h4-9,12,19-20H,3,10-11H2,1-2H3. The molecule has 0 aliphatic carbocycles. The molecular weight excluding hydrogens is 331 g/mol. The summed E-state index contributed by atoms with van der Waals surface area (Å²) in [5, 5.41) is 3.22. The van der Waals surface area contributed by atoms with Gasteiger partial charge >= 0.3 is 0 Å². The predicted molar refractivity (Wildman–Crippen MR) is 93.4 cm³/mol. The maximum Gasteiger partial charge on any atom is 0.262 e. The molecule has 0 fully saturated rings. The smallest absolute Gasteiger partial charge is 0.262 e.